The molecule has 1 N–H and O–H groups in total. The maximum absolute atomic E-state index is 12.4. The summed E-state index contributed by atoms with van der Waals surface area (Å²) in [4.78, 5) is 38.5. The lowest BCUT2D eigenvalue weighted by Gasteiger charge is -2.38. The molecule has 204 valence electrons. The minimum atomic E-state index is -2.65. The van der Waals surface area contributed by atoms with Crippen molar-refractivity contribution < 1.29 is 42.5 Å². The normalized spacial score (nSPS) is 26.9. The summed E-state index contributed by atoms with van der Waals surface area (Å²) in [6.07, 6.45) is -1.22. The van der Waals surface area contributed by atoms with Gasteiger partial charge in [-0.3, -0.25) is 14.6 Å². The lowest BCUT2D eigenvalue weighted by atomic mass is 9.98. The first-order chi connectivity index (χ1) is 16.6. The molecule has 2 aliphatic rings. The van der Waals surface area contributed by atoms with E-state index in [0.29, 0.717) is 0 Å². The monoisotopic (exact) mass is 505 g/mol. The Kier molecular flexibility index (Phi) is 7.64. The highest BCUT2D eigenvalue weighted by molar-refractivity contribution is 5.86. The summed E-state index contributed by atoms with van der Waals surface area (Å²) in [5, 5.41) is 10.4. The maximum atomic E-state index is 12.4. The summed E-state index contributed by atoms with van der Waals surface area (Å²) >= 11 is 0. The second-order valence-electron chi connectivity index (χ2n) is 12.0. The SMILES string of the molecule is CC(=O)[C@H]1COC(C)(C)N1C(=O)OC(C)(C)C.[2H]C([2H])([2H])[C@@](C)(O)[C@H]1COC(C)(C)N1C(=O)OC(C)(C)C. The molecule has 0 aliphatic carbocycles. The van der Waals surface area contributed by atoms with Crippen molar-refractivity contribution in [1.82, 2.24) is 9.80 Å². The Morgan fingerprint density at radius 3 is 1.66 bits per heavy atom. The largest absolute Gasteiger partial charge is 0.444 e. The van der Waals surface area contributed by atoms with Gasteiger partial charge >= 0.3 is 12.2 Å². The smallest absolute Gasteiger partial charge is 0.413 e. The molecule has 0 aromatic rings. The van der Waals surface area contributed by atoms with E-state index in [-0.39, 0.29) is 19.0 Å². The van der Waals surface area contributed by atoms with Gasteiger partial charge in [0.15, 0.2) is 5.78 Å². The fourth-order valence-corrected chi connectivity index (χ4v) is 3.63. The van der Waals surface area contributed by atoms with E-state index in [9.17, 15) is 19.5 Å². The standard InChI is InChI=1S/C13H25NO4.C12H21NO4/c1-11(2,3)18-10(15)14-9(12(4,5)16)8-17-13(14,6)7;1-8(14)9-7-16-12(5,6)13(9)10(15)17-11(2,3)4/h9,16H,8H2,1-7H3;9H,7H2,1-6H3/t2*9-/m11/s1/i4D3;/t9-,12+;. The van der Waals surface area contributed by atoms with Crippen molar-refractivity contribution >= 4 is 18.0 Å². The van der Waals surface area contributed by atoms with Crippen LogP contribution in [-0.2, 0) is 23.7 Å². The molecule has 0 saturated carbocycles. The van der Waals surface area contributed by atoms with E-state index in [1.807, 2.05) is 0 Å². The number of hydrogen-bond donors (Lipinski definition) is 1. The Bertz CT molecular complexity index is 889. The average Bonchev–Trinajstić information content (AvgIpc) is 3.14. The Balaban J connectivity index is 0.000000389. The number of nitrogens with zero attached hydrogens (tertiary/aromatic N) is 2. The molecule has 2 aliphatic heterocycles. The van der Waals surface area contributed by atoms with Crippen LogP contribution in [-0.4, -0.2) is 86.4 Å². The fourth-order valence-electron chi connectivity index (χ4n) is 3.63. The molecule has 3 atom stereocenters. The Hall–Kier alpha value is -1.91. The summed E-state index contributed by atoms with van der Waals surface area (Å²) in [5.74, 6) is -0.0959. The van der Waals surface area contributed by atoms with Crippen LogP contribution in [0.15, 0.2) is 0 Å². The molecule has 0 spiro atoms. The molecule has 0 aromatic heterocycles. The summed E-state index contributed by atoms with van der Waals surface area (Å²) in [5.41, 5.74) is -5.28. The highest BCUT2D eigenvalue weighted by atomic mass is 16.6. The molecule has 0 bridgehead atoms. The van der Waals surface area contributed by atoms with Gasteiger partial charge in [-0.2, -0.15) is 0 Å². The van der Waals surface area contributed by atoms with E-state index in [0.717, 1.165) is 0 Å². The van der Waals surface area contributed by atoms with Crippen LogP contribution in [0.3, 0.4) is 0 Å². The van der Waals surface area contributed by atoms with E-state index in [1.165, 1.54) is 23.6 Å². The lowest BCUT2D eigenvalue weighted by Crippen LogP contribution is -2.56. The molecule has 0 unspecified atom stereocenters. The van der Waals surface area contributed by atoms with Crippen LogP contribution < -0.4 is 0 Å². The first-order valence-corrected chi connectivity index (χ1v) is 11.7. The molecule has 2 rings (SSSR count). The Morgan fingerprint density at radius 2 is 1.26 bits per heavy atom. The van der Waals surface area contributed by atoms with Gasteiger partial charge < -0.3 is 24.1 Å². The maximum Gasteiger partial charge on any atom is 0.413 e. The zero-order valence-corrected chi connectivity index (χ0v) is 23.3. The van der Waals surface area contributed by atoms with Gasteiger partial charge in [-0.25, -0.2) is 9.59 Å². The zero-order chi connectivity index (χ0) is 30.3. The molecule has 35 heavy (non-hydrogen) atoms. The zero-order valence-electron chi connectivity index (χ0n) is 26.3. The molecular formula is C25H46N2O8. The molecule has 10 heteroatoms. The van der Waals surface area contributed by atoms with Crippen LogP contribution in [0.4, 0.5) is 9.59 Å². The van der Waals surface area contributed by atoms with Crippen molar-refractivity contribution in [3.8, 4) is 0 Å². The van der Waals surface area contributed by atoms with Gasteiger partial charge in [0.1, 0.15) is 28.7 Å². The highest BCUT2D eigenvalue weighted by Crippen LogP contribution is 2.34. The molecule has 0 aromatic carbocycles. The van der Waals surface area contributed by atoms with Crippen LogP contribution in [0, 0.1) is 0 Å². The minimum Gasteiger partial charge on any atom is -0.444 e. The van der Waals surface area contributed by atoms with Crippen LogP contribution in [0.2, 0.25) is 0 Å². The molecule has 2 fully saturated rings. The summed E-state index contributed by atoms with van der Waals surface area (Å²) in [6, 6.07) is -1.57. The predicted molar refractivity (Wildman–Crippen MR) is 131 cm³/mol. The van der Waals surface area contributed by atoms with Crippen LogP contribution in [0.1, 0.15) is 94.0 Å². The van der Waals surface area contributed by atoms with Crippen LogP contribution in [0.5, 0.6) is 0 Å². The summed E-state index contributed by atoms with van der Waals surface area (Å²) < 4.78 is 44.0. The lowest BCUT2D eigenvalue weighted by molar-refractivity contribution is -0.122. The van der Waals surface area contributed by atoms with Crippen molar-refractivity contribution in [2.45, 2.75) is 130 Å². The van der Waals surface area contributed by atoms with Gasteiger partial charge in [-0.1, -0.05) is 0 Å². The molecule has 2 saturated heterocycles. The number of Topliss-reactive ketones (excluding diaryl/α,β-unsaturated/α-hetero) is 1. The van der Waals surface area contributed by atoms with Gasteiger partial charge in [0.25, 0.3) is 0 Å². The van der Waals surface area contributed by atoms with E-state index in [2.05, 4.69) is 0 Å². The highest BCUT2D eigenvalue weighted by Gasteiger charge is 2.51. The molecular weight excluding hydrogens is 456 g/mol. The fraction of sp³-hybridized carbons (Fsp3) is 0.880. The summed E-state index contributed by atoms with van der Waals surface area (Å²) in [7, 11) is 0. The van der Waals surface area contributed by atoms with Crippen molar-refractivity contribution in [1.29, 1.82) is 0 Å². The third-order valence-corrected chi connectivity index (χ3v) is 5.27. The third-order valence-electron chi connectivity index (χ3n) is 5.27. The number of ketones is 1. The van der Waals surface area contributed by atoms with Crippen molar-refractivity contribution in [3.05, 3.63) is 0 Å². The number of rotatable bonds is 2. The van der Waals surface area contributed by atoms with Gasteiger partial charge in [0.2, 0.25) is 0 Å². The van der Waals surface area contributed by atoms with E-state index in [1.54, 1.807) is 69.2 Å². The van der Waals surface area contributed by atoms with E-state index in [4.69, 9.17) is 23.1 Å². The predicted octanol–water partition coefficient (Wildman–Crippen LogP) is 4.08. The van der Waals surface area contributed by atoms with E-state index < -0.39 is 59.4 Å². The van der Waals surface area contributed by atoms with Gasteiger partial charge in [-0.15, -0.1) is 0 Å². The minimum absolute atomic E-state index is 0.0718. The Labute approximate surface area is 214 Å². The first kappa shape index (κ1) is 26.2. The summed E-state index contributed by atoms with van der Waals surface area (Å²) in [6.45, 7) is 17.4. The van der Waals surface area contributed by atoms with Gasteiger partial charge in [-0.05, 0) is 89.9 Å². The first-order valence-electron chi connectivity index (χ1n) is 13.2. The van der Waals surface area contributed by atoms with Crippen molar-refractivity contribution in [2.75, 3.05) is 13.2 Å². The van der Waals surface area contributed by atoms with Crippen LogP contribution >= 0.6 is 0 Å². The molecule has 10 nitrogen and oxygen atoms in total. The van der Waals surface area contributed by atoms with Gasteiger partial charge in [0, 0.05) is 4.11 Å². The Morgan fingerprint density at radius 1 is 0.857 bits per heavy atom. The topological polar surface area (TPSA) is 115 Å². The number of carbonyl (C=O) groups excluding carboxylic acids is 3. The van der Waals surface area contributed by atoms with Gasteiger partial charge in [0.05, 0.1) is 24.9 Å². The van der Waals surface area contributed by atoms with E-state index >= 15 is 0 Å². The van der Waals surface area contributed by atoms with Crippen molar-refractivity contribution in [3.63, 3.8) is 0 Å². The average molecular weight is 506 g/mol. The number of ether oxygens (including phenoxy) is 4. The molecule has 2 amide bonds. The number of aliphatic hydroxyl groups is 1. The number of amides is 2. The molecule has 0 radical (unpaired) electrons. The van der Waals surface area contributed by atoms with Crippen molar-refractivity contribution in [2.24, 2.45) is 0 Å². The second-order valence-corrected chi connectivity index (χ2v) is 12.0. The quantitative estimate of drug-likeness (QED) is 0.597. The second kappa shape index (κ2) is 10.2. The molecule has 2 heterocycles. The van der Waals surface area contributed by atoms with Crippen LogP contribution in [0.25, 0.3) is 0 Å². The third kappa shape index (κ3) is 8.61. The number of carbonyl (C=O) groups is 3. The number of hydrogen-bond acceptors (Lipinski definition) is 8.